The highest BCUT2D eigenvalue weighted by Gasteiger charge is 2.34. The van der Waals surface area contributed by atoms with Gasteiger partial charge in [0, 0.05) is 12.1 Å². The molecular formula is C13H25NO2. The Balaban J connectivity index is 2.54. The maximum absolute atomic E-state index is 10.9. The summed E-state index contributed by atoms with van der Waals surface area (Å²) in [6.45, 7) is 6.86. The van der Waals surface area contributed by atoms with E-state index in [9.17, 15) is 4.79 Å². The van der Waals surface area contributed by atoms with Gasteiger partial charge in [-0.25, -0.2) is 0 Å². The average Bonchev–Trinajstić information content (AvgIpc) is 3.06. The number of carbonyl (C=O) groups is 1. The summed E-state index contributed by atoms with van der Waals surface area (Å²) in [7, 11) is 0. The number of rotatable bonds is 8. The molecular weight excluding hydrogens is 202 g/mol. The van der Waals surface area contributed by atoms with Crippen molar-refractivity contribution in [2.45, 2.75) is 65.0 Å². The van der Waals surface area contributed by atoms with Crippen molar-refractivity contribution in [3.05, 3.63) is 0 Å². The van der Waals surface area contributed by atoms with E-state index in [-0.39, 0.29) is 6.54 Å². The van der Waals surface area contributed by atoms with Crippen molar-refractivity contribution in [3.8, 4) is 0 Å². The van der Waals surface area contributed by atoms with Crippen LogP contribution >= 0.6 is 0 Å². The molecule has 0 spiro atoms. The molecule has 1 aliphatic rings. The van der Waals surface area contributed by atoms with Crippen molar-refractivity contribution in [3.63, 3.8) is 0 Å². The van der Waals surface area contributed by atoms with Gasteiger partial charge in [-0.1, -0.05) is 27.2 Å². The molecule has 0 aromatic carbocycles. The first-order valence-electron chi connectivity index (χ1n) is 6.55. The lowest BCUT2D eigenvalue weighted by molar-refractivity contribution is -0.139. The van der Waals surface area contributed by atoms with Gasteiger partial charge in [0.15, 0.2) is 0 Å². The summed E-state index contributed by atoms with van der Waals surface area (Å²) in [5, 5.41) is 8.95. The van der Waals surface area contributed by atoms with Gasteiger partial charge in [0.05, 0.1) is 6.54 Å². The summed E-state index contributed by atoms with van der Waals surface area (Å²) in [5.74, 6) is 0.00879. The molecule has 1 fully saturated rings. The lowest BCUT2D eigenvalue weighted by Gasteiger charge is -2.31. The number of aliphatic carboxylic acids is 1. The van der Waals surface area contributed by atoms with Crippen LogP contribution in [0.1, 0.15) is 52.9 Å². The van der Waals surface area contributed by atoms with Gasteiger partial charge in [0.1, 0.15) is 0 Å². The number of hydrogen-bond donors (Lipinski definition) is 1. The van der Waals surface area contributed by atoms with Crippen LogP contribution in [0.3, 0.4) is 0 Å². The van der Waals surface area contributed by atoms with Crippen LogP contribution in [0.4, 0.5) is 0 Å². The predicted molar refractivity (Wildman–Crippen MR) is 65.5 cm³/mol. The first kappa shape index (κ1) is 13.5. The lowest BCUT2D eigenvalue weighted by Crippen LogP contribution is -2.41. The number of nitrogens with zero attached hydrogens (tertiary/aromatic N) is 1. The van der Waals surface area contributed by atoms with Crippen molar-refractivity contribution >= 4 is 5.97 Å². The summed E-state index contributed by atoms with van der Waals surface area (Å²) >= 11 is 0. The Morgan fingerprint density at radius 1 is 1.38 bits per heavy atom. The molecule has 1 saturated carbocycles. The predicted octanol–water partition coefficient (Wildman–Crippen LogP) is 2.75. The SMILES string of the molecule is CCC(C)CC(CC)N(CC(=O)O)C1CC1. The van der Waals surface area contributed by atoms with Crippen LogP contribution in [0.2, 0.25) is 0 Å². The summed E-state index contributed by atoms with van der Waals surface area (Å²) in [5.41, 5.74) is 0. The Morgan fingerprint density at radius 3 is 2.38 bits per heavy atom. The first-order valence-corrected chi connectivity index (χ1v) is 6.55. The van der Waals surface area contributed by atoms with E-state index >= 15 is 0 Å². The van der Waals surface area contributed by atoms with E-state index in [0.717, 1.165) is 12.8 Å². The second-order valence-electron chi connectivity index (χ2n) is 5.11. The highest BCUT2D eigenvalue weighted by molar-refractivity contribution is 5.69. The van der Waals surface area contributed by atoms with E-state index in [1.165, 1.54) is 19.3 Å². The van der Waals surface area contributed by atoms with Gasteiger partial charge in [-0.15, -0.1) is 0 Å². The van der Waals surface area contributed by atoms with Gasteiger partial charge in [-0.05, 0) is 31.6 Å². The molecule has 3 nitrogen and oxygen atoms in total. The van der Waals surface area contributed by atoms with E-state index in [0.29, 0.717) is 18.0 Å². The molecule has 0 radical (unpaired) electrons. The van der Waals surface area contributed by atoms with Crippen LogP contribution in [0.15, 0.2) is 0 Å². The standard InChI is InChI=1S/C13H25NO2/c1-4-10(3)8-11(5-2)14(9-13(15)16)12-6-7-12/h10-12H,4-9H2,1-3H3,(H,15,16). The third kappa shape index (κ3) is 4.12. The van der Waals surface area contributed by atoms with E-state index in [2.05, 4.69) is 25.7 Å². The van der Waals surface area contributed by atoms with Crippen molar-refractivity contribution in [1.82, 2.24) is 4.90 Å². The molecule has 16 heavy (non-hydrogen) atoms. The third-order valence-corrected chi connectivity index (χ3v) is 3.65. The van der Waals surface area contributed by atoms with E-state index in [1.54, 1.807) is 0 Å². The average molecular weight is 227 g/mol. The monoisotopic (exact) mass is 227 g/mol. The van der Waals surface area contributed by atoms with Crippen LogP contribution in [-0.4, -0.2) is 34.6 Å². The number of carboxylic acid groups (broad SMARTS) is 1. The first-order chi connectivity index (χ1) is 7.58. The quantitative estimate of drug-likeness (QED) is 0.693. The molecule has 3 heteroatoms. The molecule has 0 bridgehead atoms. The molecule has 0 aliphatic heterocycles. The summed E-state index contributed by atoms with van der Waals surface area (Å²) in [4.78, 5) is 13.1. The zero-order valence-corrected chi connectivity index (χ0v) is 10.8. The van der Waals surface area contributed by atoms with Crippen molar-refractivity contribution in [1.29, 1.82) is 0 Å². The van der Waals surface area contributed by atoms with Gasteiger partial charge < -0.3 is 5.11 Å². The third-order valence-electron chi connectivity index (χ3n) is 3.65. The molecule has 1 N–H and O–H groups in total. The molecule has 0 aromatic rings. The Labute approximate surface area is 98.8 Å². The fraction of sp³-hybridized carbons (Fsp3) is 0.923. The van der Waals surface area contributed by atoms with Gasteiger partial charge in [-0.2, -0.15) is 0 Å². The fourth-order valence-corrected chi connectivity index (χ4v) is 2.29. The van der Waals surface area contributed by atoms with Crippen LogP contribution in [0.25, 0.3) is 0 Å². The number of hydrogen-bond acceptors (Lipinski definition) is 2. The molecule has 2 atom stereocenters. The van der Waals surface area contributed by atoms with E-state index in [1.807, 2.05) is 0 Å². The highest BCUT2D eigenvalue weighted by atomic mass is 16.4. The molecule has 2 unspecified atom stereocenters. The van der Waals surface area contributed by atoms with Gasteiger partial charge >= 0.3 is 5.97 Å². The minimum atomic E-state index is -0.686. The smallest absolute Gasteiger partial charge is 0.317 e. The van der Waals surface area contributed by atoms with Crippen molar-refractivity contribution in [2.24, 2.45) is 5.92 Å². The topological polar surface area (TPSA) is 40.5 Å². The molecule has 0 amide bonds. The maximum atomic E-state index is 10.9. The highest BCUT2D eigenvalue weighted by Crippen LogP contribution is 2.31. The Hall–Kier alpha value is -0.570. The van der Waals surface area contributed by atoms with Gasteiger partial charge in [0.2, 0.25) is 0 Å². The van der Waals surface area contributed by atoms with Crippen LogP contribution in [-0.2, 0) is 4.79 Å². The molecule has 0 saturated heterocycles. The second-order valence-corrected chi connectivity index (χ2v) is 5.11. The fourth-order valence-electron chi connectivity index (χ4n) is 2.29. The minimum absolute atomic E-state index is 0.222. The van der Waals surface area contributed by atoms with E-state index in [4.69, 9.17) is 5.11 Å². The molecule has 1 aliphatic carbocycles. The summed E-state index contributed by atoms with van der Waals surface area (Å²) in [6, 6.07) is 1.00. The molecule has 0 heterocycles. The van der Waals surface area contributed by atoms with Crippen LogP contribution < -0.4 is 0 Å². The largest absolute Gasteiger partial charge is 0.480 e. The van der Waals surface area contributed by atoms with E-state index < -0.39 is 5.97 Å². The summed E-state index contributed by atoms with van der Waals surface area (Å²) < 4.78 is 0. The second kappa shape index (κ2) is 6.24. The van der Waals surface area contributed by atoms with Crippen LogP contribution in [0.5, 0.6) is 0 Å². The van der Waals surface area contributed by atoms with Gasteiger partial charge in [0.25, 0.3) is 0 Å². The molecule has 0 aromatic heterocycles. The zero-order chi connectivity index (χ0) is 12.1. The van der Waals surface area contributed by atoms with Crippen molar-refractivity contribution < 1.29 is 9.90 Å². The Morgan fingerprint density at radius 2 is 2.00 bits per heavy atom. The summed E-state index contributed by atoms with van der Waals surface area (Å²) in [6.07, 6.45) is 5.75. The molecule has 1 rings (SSSR count). The number of carboxylic acids is 1. The lowest BCUT2D eigenvalue weighted by atomic mass is 9.96. The minimum Gasteiger partial charge on any atom is -0.480 e. The normalized spacial score (nSPS) is 19.8. The Bertz CT molecular complexity index is 226. The van der Waals surface area contributed by atoms with Crippen LogP contribution in [0, 0.1) is 5.92 Å². The maximum Gasteiger partial charge on any atom is 0.317 e. The zero-order valence-electron chi connectivity index (χ0n) is 10.8. The Kier molecular flexibility index (Phi) is 5.26. The molecule has 94 valence electrons. The van der Waals surface area contributed by atoms with Crippen molar-refractivity contribution in [2.75, 3.05) is 6.54 Å². The van der Waals surface area contributed by atoms with Gasteiger partial charge in [-0.3, -0.25) is 9.69 Å².